The number of allylic oxidation sites excluding steroid dienone is 1. The molecule has 4 unspecified atom stereocenters. The van der Waals surface area contributed by atoms with Gasteiger partial charge in [0.1, 0.15) is 0 Å². The number of carbonyl (C=O) groups is 1. The molecule has 1 aliphatic carbocycles. The third kappa shape index (κ3) is 10.6. The Morgan fingerprint density at radius 1 is 1.21 bits per heavy atom. The predicted molar refractivity (Wildman–Crippen MR) is 110 cm³/mol. The maximum absolute atomic E-state index is 11.8. The van der Waals surface area contributed by atoms with Crippen LogP contribution in [-0.4, -0.2) is 36.3 Å². The van der Waals surface area contributed by atoms with E-state index in [1.165, 1.54) is 12.0 Å². The number of phosphoric ester groups is 1. The van der Waals surface area contributed by atoms with Crippen molar-refractivity contribution in [3.63, 3.8) is 0 Å². The molecule has 4 atom stereocenters. The van der Waals surface area contributed by atoms with Crippen molar-refractivity contribution in [2.75, 3.05) is 19.8 Å². The molecule has 0 saturated heterocycles. The van der Waals surface area contributed by atoms with Crippen LogP contribution in [0.15, 0.2) is 12.2 Å². The van der Waals surface area contributed by atoms with Crippen LogP contribution in [0, 0.1) is 17.8 Å². The zero-order valence-electron chi connectivity index (χ0n) is 18.0. The van der Waals surface area contributed by atoms with Crippen LogP contribution < -0.4 is 5.32 Å². The van der Waals surface area contributed by atoms with Crippen molar-refractivity contribution in [3.8, 4) is 0 Å². The third-order valence-corrected chi connectivity index (χ3v) is 5.96. The largest absolute Gasteiger partial charge is 0.472 e. The van der Waals surface area contributed by atoms with Gasteiger partial charge in [0, 0.05) is 6.54 Å². The first-order valence-electron chi connectivity index (χ1n) is 10.2. The van der Waals surface area contributed by atoms with Gasteiger partial charge >= 0.3 is 13.9 Å². The molecule has 0 radical (unpaired) electrons. The highest BCUT2D eigenvalue weighted by Gasteiger charge is 2.48. The molecular formula is C20H38NO6P. The molecule has 164 valence electrons. The number of amides is 1. The van der Waals surface area contributed by atoms with E-state index in [-0.39, 0.29) is 6.61 Å². The van der Waals surface area contributed by atoms with Crippen LogP contribution in [0.2, 0.25) is 0 Å². The monoisotopic (exact) mass is 419 g/mol. The Morgan fingerprint density at radius 2 is 1.86 bits per heavy atom. The molecule has 0 aromatic heterocycles. The number of phosphoric acid groups is 1. The molecule has 2 N–H and O–H groups in total. The Kier molecular flexibility index (Phi) is 10.2. The van der Waals surface area contributed by atoms with Crippen LogP contribution in [0.5, 0.6) is 0 Å². The lowest BCUT2D eigenvalue weighted by Crippen LogP contribution is -2.27. The lowest BCUT2D eigenvalue weighted by molar-refractivity contribution is 0.0614. The summed E-state index contributed by atoms with van der Waals surface area (Å²) in [5.74, 6) is 1.72. The number of nitrogens with one attached hydrogen (secondary N) is 1. The molecule has 0 aromatic carbocycles. The SMILES string of the molecule is C=C(C)CCC1C(CCC)C1COC(=O)NCCCOP(=O)(O)OC(C)(C)C. The molecule has 1 fully saturated rings. The normalized spacial score (nSPS) is 23.7. The topological polar surface area (TPSA) is 94.1 Å². The van der Waals surface area contributed by atoms with Crippen molar-refractivity contribution in [2.24, 2.45) is 17.8 Å². The predicted octanol–water partition coefficient (Wildman–Crippen LogP) is 5.05. The zero-order chi connectivity index (χ0) is 21.4. The summed E-state index contributed by atoms with van der Waals surface area (Å²) in [6.07, 6.45) is 4.39. The zero-order valence-corrected chi connectivity index (χ0v) is 18.9. The molecule has 0 aromatic rings. The molecule has 1 saturated carbocycles. The van der Waals surface area contributed by atoms with Gasteiger partial charge in [-0.1, -0.05) is 25.3 Å². The minimum absolute atomic E-state index is 0.00825. The Morgan fingerprint density at radius 3 is 2.43 bits per heavy atom. The summed E-state index contributed by atoms with van der Waals surface area (Å²) >= 11 is 0. The molecule has 7 nitrogen and oxygen atoms in total. The Labute approximate surface area is 169 Å². The van der Waals surface area contributed by atoms with Gasteiger partial charge in [0.05, 0.1) is 18.8 Å². The molecule has 0 aliphatic heterocycles. The molecule has 0 bridgehead atoms. The summed E-state index contributed by atoms with van der Waals surface area (Å²) in [4.78, 5) is 21.4. The van der Waals surface area contributed by atoms with Gasteiger partial charge in [0.15, 0.2) is 0 Å². The van der Waals surface area contributed by atoms with Crippen molar-refractivity contribution in [2.45, 2.75) is 72.3 Å². The number of ether oxygens (including phenoxy) is 1. The standard InChI is InChI=1S/C20H38NO6P/c1-7-9-16-17(11-10-15(2)3)18(16)14-25-19(22)21-12-8-13-26-28(23,24)27-20(4,5)6/h16-18H,2,7-14H2,1,3-6H3,(H,21,22)(H,23,24). The smallest absolute Gasteiger partial charge is 0.449 e. The first kappa shape index (κ1) is 25.2. The highest BCUT2D eigenvalue weighted by atomic mass is 31.2. The number of carbonyl (C=O) groups excluding carboxylic acids is 1. The fourth-order valence-corrected chi connectivity index (χ4v) is 4.52. The molecule has 8 heteroatoms. The summed E-state index contributed by atoms with van der Waals surface area (Å²) in [5, 5.41) is 2.64. The van der Waals surface area contributed by atoms with E-state index in [0.717, 1.165) is 19.3 Å². The lowest BCUT2D eigenvalue weighted by atomic mass is 10.1. The van der Waals surface area contributed by atoms with Gasteiger partial charge in [-0.3, -0.25) is 9.05 Å². The minimum atomic E-state index is -4.08. The highest BCUT2D eigenvalue weighted by molar-refractivity contribution is 7.47. The summed E-state index contributed by atoms with van der Waals surface area (Å²) in [7, 11) is -4.08. The van der Waals surface area contributed by atoms with Gasteiger partial charge in [-0.15, -0.1) is 6.58 Å². The maximum atomic E-state index is 11.8. The number of hydrogen-bond donors (Lipinski definition) is 2. The molecule has 1 amide bonds. The van der Waals surface area contributed by atoms with Gasteiger partial charge in [0.25, 0.3) is 0 Å². The fraction of sp³-hybridized carbons (Fsp3) is 0.850. The Bertz CT molecular complexity index is 559. The summed E-state index contributed by atoms with van der Waals surface area (Å²) in [5.41, 5.74) is 0.426. The first-order valence-corrected chi connectivity index (χ1v) is 11.7. The lowest BCUT2D eigenvalue weighted by Gasteiger charge is -2.22. The first-order chi connectivity index (χ1) is 12.9. The van der Waals surface area contributed by atoms with Crippen LogP contribution in [0.4, 0.5) is 4.79 Å². The van der Waals surface area contributed by atoms with Crippen LogP contribution in [0.25, 0.3) is 0 Å². The van der Waals surface area contributed by atoms with Crippen LogP contribution >= 0.6 is 7.82 Å². The molecule has 1 rings (SSSR count). The summed E-state index contributed by atoms with van der Waals surface area (Å²) in [6, 6.07) is 0. The van der Waals surface area contributed by atoms with Gasteiger partial charge in [-0.25, -0.2) is 9.36 Å². The molecule has 28 heavy (non-hydrogen) atoms. The minimum Gasteiger partial charge on any atom is -0.449 e. The van der Waals surface area contributed by atoms with Crippen LogP contribution in [0.1, 0.15) is 66.7 Å². The van der Waals surface area contributed by atoms with E-state index in [1.54, 1.807) is 20.8 Å². The second-order valence-electron chi connectivity index (χ2n) is 8.66. The van der Waals surface area contributed by atoms with Crippen molar-refractivity contribution in [3.05, 3.63) is 12.2 Å². The Hall–Kier alpha value is -0.880. The number of hydrogen-bond acceptors (Lipinski definition) is 5. The van der Waals surface area contributed by atoms with Gasteiger partial charge in [-0.2, -0.15) is 0 Å². The van der Waals surface area contributed by atoms with Gasteiger partial charge in [-0.05, 0) is 64.7 Å². The molecule has 0 spiro atoms. The maximum Gasteiger partial charge on any atom is 0.472 e. The van der Waals surface area contributed by atoms with Crippen molar-refractivity contribution < 1.29 is 28.0 Å². The van der Waals surface area contributed by atoms with E-state index in [1.807, 2.05) is 6.92 Å². The Balaban J connectivity index is 2.18. The average Bonchev–Trinajstić information content (AvgIpc) is 3.20. The average molecular weight is 419 g/mol. The van der Waals surface area contributed by atoms with Crippen molar-refractivity contribution in [1.82, 2.24) is 5.32 Å². The number of alkyl carbamates (subject to hydrolysis) is 1. The third-order valence-electron chi connectivity index (χ3n) is 4.68. The van der Waals surface area contributed by atoms with Gasteiger partial charge < -0.3 is 14.9 Å². The van der Waals surface area contributed by atoms with Crippen LogP contribution in [-0.2, 0) is 18.3 Å². The number of rotatable bonds is 13. The van der Waals surface area contributed by atoms with Crippen molar-refractivity contribution in [1.29, 1.82) is 0 Å². The summed E-state index contributed by atoms with van der Waals surface area (Å²) in [6.45, 7) is 14.0. The van der Waals surface area contributed by atoms with E-state index in [9.17, 15) is 14.3 Å². The fourth-order valence-electron chi connectivity index (χ4n) is 3.41. The van der Waals surface area contributed by atoms with Crippen molar-refractivity contribution >= 4 is 13.9 Å². The van der Waals surface area contributed by atoms with Gasteiger partial charge in [0.2, 0.25) is 0 Å². The second-order valence-corrected chi connectivity index (χ2v) is 10.0. The van der Waals surface area contributed by atoms with E-state index < -0.39 is 19.5 Å². The second kappa shape index (κ2) is 11.3. The molecule has 0 heterocycles. The van der Waals surface area contributed by atoms with E-state index in [2.05, 4.69) is 18.8 Å². The van der Waals surface area contributed by atoms with E-state index >= 15 is 0 Å². The quantitative estimate of drug-likeness (QED) is 0.246. The summed E-state index contributed by atoms with van der Waals surface area (Å²) < 4.78 is 26.9. The highest BCUT2D eigenvalue weighted by Crippen LogP contribution is 2.52. The molecular weight excluding hydrogens is 381 g/mol. The van der Waals surface area contributed by atoms with Crippen LogP contribution in [0.3, 0.4) is 0 Å². The van der Waals surface area contributed by atoms with E-state index in [4.69, 9.17) is 13.8 Å². The molecule has 1 aliphatic rings. The van der Waals surface area contributed by atoms with E-state index in [0.29, 0.717) is 37.3 Å².